The van der Waals surface area contributed by atoms with E-state index >= 15 is 0 Å². The van der Waals surface area contributed by atoms with Crippen molar-refractivity contribution in [2.24, 2.45) is 5.41 Å². The van der Waals surface area contributed by atoms with Crippen LogP contribution in [0.5, 0.6) is 0 Å². The number of carbonyl (C=O) groups is 4. The molecule has 168 valence electrons. The number of aryl methyl sites for hydroxylation is 2. The lowest BCUT2D eigenvalue weighted by Gasteiger charge is -2.18. The highest BCUT2D eigenvalue weighted by Crippen LogP contribution is 2.36. The number of anilines is 1. The predicted molar refractivity (Wildman–Crippen MR) is 124 cm³/mol. The number of para-hydroxylation sites is 1. The zero-order valence-electron chi connectivity index (χ0n) is 19.2. The number of ketones is 1. The van der Waals surface area contributed by atoms with Crippen molar-refractivity contribution in [3.63, 3.8) is 0 Å². The maximum Gasteiger partial charge on any atom is 0.338 e. The molecule has 2 heterocycles. The maximum atomic E-state index is 13.4. The third-order valence-corrected chi connectivity index (χ3v) is 5.76. The lowest BCUT2D eigenvalue weighted by atomic mass is 9.91. The second-order valence-electron chi connectivity index (χ2n) is 9.16. The van der Waals surface area contributed by atoms with Crippen LogP contribution in [-0.4, -0.2) is 35.2 Å². The second kappa shape index (κ2) is 7.92. The number of ether oxygens (including phenoxy) is 1. The van der Waals surface area contributed by atoms with Crippen LogP contribution in [0.1, 0.15) is 63.1 Å². The highest BCUT2D eigenvalue weighted by Gasteiger charge is 2.40. The summed E-state index contributed by atoms with van der Waals surface area (Å²) in [5, 5.41) is 0.605. The summed E-state index contributed by atoms with van der Waals surface area (Å²) in [6.45, 7) is 8.34. The predicted octanol–water partition coefficient (Wildman–Crippen LogP) is 4.42. The summed E-state index contributed by atoms with van der Waals surface area (Å²) < 4.78 is 5.18. The van der Waals surface area contributed by atoms with Crippen molar-refractivity contribution in [1.82, 2.24) is 4.98 Å². The van der Waals surface area contributed by atoms with Crippen molar-refractivity contribution >= 4 is 40.2 Å². The van der Waals surface area contributed by atoms with Gasteiger partial charge in [-0.3, -0.25) is 19.4 Å². The zero-order chi connectivity index (χ0) is 24.1. The topological polar surface area (TPSA) is 93.6 Å². The van der Waals surface area contributed by atoms with E-state index in [-0.39, 0.29) is 23.5 Å². The fraction of sp³-hybridized carbons (Fsp3) is 0.269. The molecule has 0 N–H and O–H groups in total. The third-order valence-electron chi connectivity index (χ3n) is 5.76. The van der Waals surface area contributed by atoms with Crippen molar-refractivity contribution in [2.45, 2.75) is 34.6 Å². The minimum absolute atomic E-state index is 0.147. The number of amides is 2. The number of rotatable bonds is 4. The van der Waals surface area contributed by atoms with E-state index in [0.717, 1.165) is 4.90 Å². The number of hydrogen-bond donors (Lipinski definition) is 0. The van der Waals surface area contributed by atoms with Gasteiger partial charge in [0.1, 0.15) is 0 Å². The summed E-state index contributed by atoms with van der Waals surface area (Å²) >= 11 is 0. The number of esters is 1. The monoisotopic (exact) mass is 444 g/mol. The Balaban J connectivity index is 1.71. The van der Waals surface area contributed by atoms with Crippen LogP contribution in [0.25, 0.3) is 10.9 Å². The summed E-state index contributed by atoms with van der Waals surface area (Å²) in [5.74, 6) is -1.86. The second-order valence-corrected chi connectivity index (χ2v) is 9.16. The quantitative estimate of drug-likeness (QED) is 0.437. The molecule has 2 aromatic carbocycles. The first-order valence-corrected chi connectivity index (χ1v) is 10.6. The molecule has 0 aliphatic carbocycles. The Labute approximate surface area is 191 Å². The van der Waals surface area contributed by atoms with Gasteiger partial charge in [-0.15, -0.1) is 0 Å². The molecule has 7 nitrogen and oxygen atoms in total. The molecule has 0 radical (unpaired) electrons. The van der Waals surface area contributed by atoms with Crippen molar-refractivity contribution in [1.29, 1.82) is 0 Å². The van der Waals surface area contributed by atoms with Crippen LogP contribution in [0.15, 0.2) is 42.5 Å². The van der Waals surface area contributed by atoms with Crippen molar-refractivity contribution < 1.29 is 23.9 Å². The molecule has 0 saturated carbocycles. The van der Waals surface area contributed by atoms with Gasteiger partial charge in [-0.25, -0.2) is 9.69 Å². The number of carbonyl (C=O) groups excluding carboxylic acids is 4. The van der Waals surface area contributed by atoms with Gasteiger partial charge in [0.15, 0.2) is 12.4 Å². The Bertz CT molecular complexity index is 1350. The van der Waals surface area contributed by atoms with E-state index in [1.54, 1.807) is 65.0 Å². The number of Topliss-reactive ketones (excluding diaryl/α,β-unsaturated/α-hetero) is 1. The minimum Gasteiger partial charge on any atom is -0.454 e. The van der Waals surface area contributed by atoms with Gasteiger partial charge in [0, 0.05) is 10.8 Å². The van der Waals surface area contributed by atoms with Crippen LogP contribution in [0.2, 0.25) is 0 Å². The maximum absolute atomic E-state index is 13.4. The van der Waals surface area contributed by atoms with Crippen molar-refractivity contribution in [3.05, 3.63) is 70.4 Å². The minimum atomic E-state index is -0.700. The number of fused-ring (bicyclic) bond motifs is 3. The van der Waals surface area contributed by atoms with E-state index in [1.807, 2.05) is 6.07 Å². The Morgan fingerprint density at radius 2 is 1.64 bits per heavy atom. The zero-order valence-corrected chi connectivity index (χ0v) is 19.2. The van der Waals surface area contributed by atoms with E-state index in [2.05, 4.69) is 4.98 Å². The smallest absolute Gasteiger partial charge is 0.338 e. The first-order chi connectivity index (χ1) is 15.5. The summed E-state index contributed by atoms with van der Waals surface area (Å²) in [7, 11) is 0. The molecule has 33 heavy (non-hydrogen) atoms. The largest absolute Gasteiger partial charge is 0.454 e. The number of aromatic nitrogens is 1. The standard InChI is InChI=1S/C26H24N2O5/c1-14-10-11-16(25(32)33-13-20(29)26(3,4)5)12-19(14)28-23(30)21-15(2)27-18-9-7-6-8-17(18)22(21)24(28)31/h6-12H,13H2,1-5H3. The van der Waals surface area contributed by atoms with Crippen molar-refractivity contribution in [3.8, 4) is 0 Å². The Kier molecular flexibility index (Phi) is 5.36. The highest BCUT2D eigenvalue weighted by molar-refractivity contribution is 6.38. The van der Waals surface area contributed by atoms with Gasteiger partial charge < -0.3 is 4.74 Å². The van der Waals surface area contributed by atoms with Crippen LogP contribution in [-0.2, 0) is 9.53 Å². The summed E-state index contributed by atoms with van der Waals surface area (Å²) in [6, 6.07) is 11.8. The fourth-order valence-electron chi connectivity index (χ4n) is 3.76. The normalized spacial score (nSPS) is 13.4. The lowest BCUT2D eigenvalue weighted by Crippen LogP contribution is -2.30. The average molecular weight is 444 g/mol. The third kappa shape index (κ3) is 3.80. The molecule has 2 amide bonds. The SMILES string of the molecule is Cc1ccc(C(=O)OCC(=O)C(C)(C)C)cc1N1C(=O)c2c(C)nc3ccccc3c2C1=O. The molecule has 0 saturated heterocycles. The molecular formula is C26H24N2O5. The number of pyridine rings is 1. The first kappa shape index (κ1) is 22.3. The van der Waals surface area contributed by atoms with E-state index in [0.29, 0.717) is 33.4 Å². The first-order valence-electron chi connectivity index (χ1n) is 10.6. The summed E-state index contributed by atoms with van der Waals surface area (Å²) in [5.41, 5.74) is 2.13. The van der Waals surface area contributed by atoms with Crippen LogP contribution in [0.3, 0.4) is 0 Å². The molecule has 0 atom stereocenters. The van der Waals surface area contributed by atoms with Crippen LogP contribution >= 0.6 is 0 Å². The lowest BCUT2D eigenvalue weighted by molar-refractivity contribution is -0.129. The molecule has 4 rings (SSSR count). The van der Waals surface area contributed by atoms with Gasteiger partial charge in [-0.05, 0) is 37.6 Å². The molecule has 3 aromatic rings. The van der Waals surface area contributed by atoms with Gasteiger partial charge in [0.05, 0.1) is 33.6 Å². The molecule has 0 unspecified atom stereocenters. The summed E-state index contributed by atoms with van der Waals surface area (Å²) in [6.07, 6.45) is 0. The Morgan fingerprint density at radius 1 is 0.970 bits per heavy atom. The molecule has 0 spiro atoms. The number of nitrogens with zero attached hydrogens (tertiary/aromatic N) is 2. The molecule has 1 aliphatic rings. The highest BCUT2D eigenvalue weighted by atomic mass is 16.5. The molecular weight excluding hydrogens is 420 g/mol. The van der Waals surface area contributed by atoms with Gasteiger partial charge in [-0.2, -0.15) is 0 Å². The van der Waals surface area contributed by atoms with E-state index < -0.39 is 23.2 Å². The molecule has 7 heteroatoms. The Morgan fingerprint density at radius 3 is 2.33 bits per heavy atom. The van der Waals surface area contributed by atoms with E-state index in [1.165, 1.54) is 6.07 Å². The molecule has 1 aliphatic heterocycles. The van der Waals surface area contributed by atoms with Crippen molar-refractivity contribution in [2.75, 3.05) is 11.5 Å². The van der Waals surface area contributed by atoms with Gasteiger partial charge in [0.2, 0.25) is 0 Å². The van der Waals surface area contributed by atoms with E-state index in [4.69, 9.17) is 4.74 Å². The Hall–Kier alpha value is -3.87. The van der Waals surface area contributed by atoms with Crippen LogP contribution in [0, 0.1) is 19.3 Å². The fourth-order valence-corrected chi connectivity index (χ4v) is 3.76. The summed E-state index contributed by atoms with van der Waals surface area (Å²) in [4.78, 5) is 57.0. The average Bonchev–Trinajstić information content (AvgIpc) is 3.02. The number of benzene rings is 2. The van der Waals surface area contributed by atoms with Crippen LogP contribution < -0.4 is 4.90 Å². The van der Waals surface area contributed by atoms with Gasteiger partial charge in [0.25, 0.3) is 11.8 Å². The number of hydrogen-bond acceptors (Lipinski definition) is 6. The molecule has 1 aromatic heterocycles. The van der Waals surface area contributed by atoms with Gasteiger partial charge >= 0.3 is 5.97 Å². The van der Waals surface area contributed by atoms with Gasteiger partial charge in [-0.1, -0.05) is 45.0 Å². The molecule has 0 bridgehead atoms. The van der Waals surface area contributed by atoms with Crippen LogP contribution in [0.4, 0.5) is 5.69 Å². The molecule has 0 fully saturated rings. The number of imide groups is 1. The van der Waals surface area contributed by atoms with E-state index in [9.17, 15) is 19.2 Å².